The SMILES string of the molecule is C#Cc1c(F)cc(F)c2c1C(N1C[C@H]3CC[C@@H](C1)N3)=CC(O)(c1cc3nc(OC[C@]4(C)CN(C)CC[C@H]4CF)ncc3cn1)C2. The summed E-state index contributed by atoms with van der Waals surface area (Å²) in [6.07, 6.45) is 13.1. The van der Waals surface area contributed by atoms with Gasteiger partial charge >= 0.3 is 6.01 Å². The zero-order valence-electron chi connectivity index (χ0n) is 25.5. The molecule has 0 radical (unpaired) electrons. The van der Waals surface area contributed by atoms with E-state index in [-0.39, 0.29) is 53.9 Å². The standard InChI is InChI=1S/C34H37F3N6O2/c1-4-24-26(36)9-27(37)25-11-34(44,12-29(31(24)25)43-16-22-5-6-23(17-43)40-22)30-10-28-20(14-38-30)15-39-32(41-28)45-19-33(2)18-42(3)8-7-21(33)13-35/h1,9-10,12,14-15,21-23,40,44H,5-8,11,13,16-19H2,2-3H3/t21-,22-,23+,33-,34?/m0/s1. The molecule has 0 amide bonds. The summed E-state index contributed by atoms with van der Waals surface area (Å²) < 4.78 is 50.4. The van der Waals surface area contributed by atoms with Crippen molar-refractivity contribution in [3.63, 3.8) is 0 Å². The molecule has 1 aromatic carbocycles. The number of aliphatic hydroxyl groups is 1. The normalized spacial score (nSPS) is 29.8. The second-order valence-corrected chi connectivity index (χ2v) is 13.5. The lowest BCUT2D eigenvalue weighted by Crippen LogP contribution is -2.51. The molecule has 2 N–H and O–H groups in total. The quantitative estimate of drug-likeness (QED) is 0.404. The summed E-state index contributed by atoms with van der Waals surface area (Å²) in [6, 6.07) is 3.05. The third-order valence-corrected chi connectivity index (χ3v) is 10.2. The molecule has 2 bridgehead atoms. The van der Waals surface area contributed by atoms with E-state index in [1.807, 2.05) is 14.0 Å². The monoisotopic (exact) mass is 618 g/mol. The minimum absolute atomic E-state index is 0.0144. The predicted molar refractivity (Wildman–Crippen MR) is 164 cm³/mol. The molecule has 3 saturated heterocycles. The van der Waals surface area contributed by atoms with Gasteiger partial charge in [0, 0.05) is 84.2 Å². The largest absolute Gasteiger partial charge is 0.463 e. The summed E-state index contributed by atoms with van der Waals surface area (Å²) in [7, 11) is 2.02. The Morgan fingerprint density at radius 1 is 1.13 bits per heavy atom. The highest BCUT2D eigenvalue weighted by Crippen LogP contribution is 2.43. The average molecular weight is 619 g/mol. The van der Waals surface area contributed by atoms with Crippen molar-refractivity contribution >= 4 is 16.6 Å². The number of fused-ring (bicyclic) bond motifs is 4. The van der Waals surface area contributed by atoms with Crippen LogP contribution in [-0.4, -0.2) is 88.5 Å². The Morgan fingerprint density at radius 3 is 2.62 bits per heavy atom. The molecule has 45 heavy (non-hydrogen) atoms. The summed E-state index contributed by atoms with van der Waals surface area (Å²) in [5.41, 5.74) is -0.443. The number of terminal acetylenes is 1. The Balaban J connectivity index is 1.25. The van der Waals surface area contributed by atoms with Crippen LogP contribution >= 0.6 is 0 Å². The van der Waals surface area contributed by atoms with Crippen LogP contribution in [0.1, 0.15) is 48.6 Å². The molecule has 3 aromatic rings. The highest BCUT2D eigenvalue weighted by Gasteiger charge is 2.43. The van der Waals surface area contributed by atoms with Crippen molar-refractivity contribution in [1.82, 2.24) is 30.1 Å². The van der Waals surface area contributed by atoms with E-state index in [0.29, 0.717) is 41.8 Å². The van der Waals surface area contributed by atoms with E-state index in [0.717, 1.165) is 31.9 Å². The van der Waals surface area contributed by atoms with E-state index >= 15 is 4.39 Å². The molecular formula is C34H37F3N6O2. The van der Waals surface area contributed by atoms with Crippen LogP contribution in [0.25, 0.3) is 16.6 Å². The molecule has 5 atom stereocenters. The maximum absolute atomic E-state index is 15.5. The van der Waals surface area contributed by atoms with E-state index in [1.165, 1.54) is 0 Å². The molecule has 11 heteroatoms. The summed E-state index contributed by atoms with van der Waals surface area (Å²) in [5, 5.41) is 16.4. The molecule has 236 valence electrons. The first-order valence-electron chi connectivity index (χ1n) is 15.5. The van der Waals surface area contributed by atoms with Gasteiger partial charge in [0.25, 0.3) is 0 Å². The molecule has 0 saturated carbocycles. The van der Waals surface area contributed by atoms with Gasteiger partial charge in [-0.3, -0.25) is 9.37 Å². The fourth-order valence-corrected chi connectivity index (χ4v) is 7.70. The summed E-state index contributed by atoms with van der Waals surface area (Å²) in [6.45, 7) is 4.65. The molecule has 8 nitrogen and oxygen atoms in total. The number of piperazine rings is 1. The van der Waals surface area contributed by atoms with Crippen LogP contribution in [0.3, 0.4) is 0 Å². The number of nitrogens with zero attached hydrogens (tertiary/aromatic N) is 5. The van der Waals surface area contributed by atoms with Crippen LogP contribution in [0, 0.1) is 35.3 Å². The number of ether oxygens (including phenoxy) is 1. The van der Waals surface area contributed by atoms with E-state index < -0.39 is 29.3 Å². The first-order valence-corrected chi connectivity index (χ1v) is 15.5. The second kappa shape index (κ2) is 11.3. The molecule has 3 aliphatic heterocycles. The van der Waals surface area contributed by atoms with Crippen molar-refractivity contribution in [1.29, 1.82) is 0 Å². The zero-order chi connectivity index (χ0) is 31.5. The summed E-state index contributed by atoms with van der Waals surface area (Å²) in [4.78, 5) is 17.7. The maximum Gasteiger partial charge on any atom is 0.316 e. The lowest BCUT2D eigenvalue weighted by atomic mass is 9.73. The number of benzene rings is 1. The minimum atomic E-state index is -1.73. The third-order valence-electron chi connectivity index (χ3n) is 10.2. The number of aromatic nitrogens is 3. The van der Waals surface area contributed by atoms with Crippen LogP contribution in [0.5, 0.6) is 6.01 Å². The maximum atomic E-state index is 15.5. The topological polar surface area (TPSA) is 86.6 Å². The summed E-state index contributed by atoms with van der Waals surface area (Å²) >= 11 is 0. The molecule has 1 unspecified atom stereocenters. The van der Waals surface area contributed by atoms with Gasteiger partial charge in [0.05, 0.1) is 30.1 Å². The number of hydrogen-bond donors (Lipinski definition) is 2. The number of hydrogen-bond acceptors (Lipinski definition) is 8. The predicted octanol–water partition coefficient (Wildman–Crippen LogP) is 3.81. The fraction of sp³-hybridized carbons (Fsp3) is 0.500. The van der Waals surface area contributed by atoms with Gasteiger partial charge in [-0.25, -0.2) is 13.8 Å². The van der Waals surface area contributed by atoms with Gasteiger partial charge in [0.2, 0.25) is 0 Å². The van der Waals surface area contributed by atoms with Gasteiger partial charge < -0.3 is 25.0 Å². The third kappa shape index (κ3) is 5.33. The lowest BCUT2D eigenvalue weighted by Gasteiger charge is -2.43. The number of nitrogens with one attached hydrogen (secondary N) is 1. The number of likely N-dealkylation sites (tertiary alicyclic amines) is 2. The van der Waals surface area contributed by atoms with Crippen molar-refractivity contribution in [3.05, 3.63) is 64.6 Å². The summed E-state index contributed by atoms with van der Waals surface area (Å²) in [5.74, 6) is 0.734. The van der Waals surface area contributed by atoms with Crippen molar-refractivity contribution < 1.29 is 23.0 Å². The molecule has 7 rings (SSSR count). The van der Waals surface area contributed by atoms with Gasteiger partial charge in [-0.1, -0.05) is 12.8 Å². The minimum Gasteiger partial charge on any atom is -0.463 e. The Kier molecular flexibility index (Phi) is 7.50. The lowest BCUT2D eigenvalue weighted by molar-refractivity contribution is 0.000306. The zero-order valence-corrected chi connectivity index (χ0v) is 25.5. The molecular weight excluding hydrogens is 581 g/mol. The molecule has 1 aliphatic carbocycles. The molecule has 2 aromatic heterocycles. The highest BCUT2D eigenvalue weighted by atomic mass is 19.1. The van der Waals surface area contributed by atoms with Crippen LogP contribution in [-0.2, 0) is 12.0 Å². The van der Waals surface area contributed by atoms with Crippen LogP contribution in [0.4, 0.5) is 13.2 Å². The first-order chi connectivity index (χ1) is 21.6. The van der Waals surface area contributed by atoms with Gasteiger partial charge in [0.1, 0.15) is 17.2 Å². The smallest absolute Gasteiger partial charge is 0.316 e. The number of pyridine rings is 1. The van der Waals surface area contributed by atoms with Crippen LogP contribution in [0.15, 0.2) is 30.6 Å². The number of piperidine rings is 1. The first kappa shape index (κ1) is 30.0. The van der Waals surface area contributed by atoms with Crippen LogP contribution in [0.2, 0.25) is 0 Å². The Hall–Kier alpha value is -3.72. The molecule has 5 heterocycles. The van der Waals surface area contributed by atoms with E-state index in [4.69, 9.17) is 11.2 Å². The van der Waals surface area contributed by atoms with E-state index in [2.05, 4.69) is 36.0 Å². The highest BCUT2D eigenvalue weighted by molar-refractivity contribution is 5.79. The van der Waals surface area contributed by atoms with Crippen molar-refractivity contribution in [3.8, 4) is 18.4 Å². The number of alkyl halides is 1. The Bertz CT molecular complexity index is 1720. The van der Waals surface area contributed by atoms with Gasteiger partial charge in [-0.2, -0.15) is 4.98 Å². The number of rotatable bonds is 6. The second-order valence-electron chi connectivity index (χ2n) is 13.5. The van der Waals surface area contributed by atoms with Crippen molar-refractivity contribution in [2.75, 3.05) is 46.5 Å². The number of halogens is 3. The average Bonchev–Trinajstić information content (AvgIpc) is 3.36. The van der Waals surface area contributed by atoms with Crippen molar-refractivity contribution in [2.45, 2.75) is 50.3 Å². The molecule has 0 spiro atoms. The van der Waals surface area contributed by atoms with Gasteiger partial charge in [-0.15, -0.1) is 6.42 Å². The van der Waals surface area contributed by atoms with Gasteiger partial charge in [-0.05, 0) is 50.9 Å². The van der Waals surface area contributed by atoms with E-state index in [9.17, 15) is 13.9 Å². The Morgan fingerprint density at radius 2 is 1.89 bits per heavy atom. The Labute approximate surface area is 260 Å². The van der Waals surface area contributed by atoms with Crippen LogP contribution < -0.4 is 10.1 Å². The van der Waals surface area contributed by atoms with Crippen molar-refractivity contribution in [2.24, 2.45) is 11.3 Å². The fourth-order valence-electron chi connectivity index (χ4n) is 7.70. The van der Waals surface area contributed by atoms with E-state index in [1.54, 1.807) is 24.5 Å². The molecule has 4 aliphatic rings. The van der Waals surface area contributed by atoms with Gasteiger partial charge in [0.15, 0.2) is 0 Å². The molecule has 3 fully saturated rings.